The number of nitrogens with one attached hydrogen (secondary N) is 2. The third-order valence-corrected chi connectivity index (χ3v) is 6.82. The fraction of sp³-hybridized carbons (Fsp3) is 0.355. The summed E-state index contributed by atoms with van der Waals surface area (Å²) < 4.78 is 50.4. The normalized spacial score (nSPS) is 14.4. The van der Waals surface area contributed by atoms with Gasteiger partial charge in [-0.2, -0.15) is 18.3 Å². The number of aromatic nitrogens is 3. The predicted octanol–water partition coefficient (Wildman–Crippen LogP) is 6.53. The SMILES string of the molecule is CC(C)(C)OC(=O)N1CCC(Oc2ccc(-c3cnc4c(-c5cccc(NC(=O)NCC(F)(F)F)c5)cnn4c3)cc2)CC1. The van der Waals surface area contributed by atoms with Crippen molar-refractivity contribution in [3.8, 4) is 28.0 Å². The molecule has 44 heavy (non-hydrogen) atoms. The van der Waals surface area contributed by atoms with E-state index < -0.39 is 24.4 Å². The molecule has 1 saturated heterocycles. The number of urea groups is 1. The fourth-order valence-electron chi connectivity index (χ4n) is 4.75. The van der Waals surface area contributed by atoms with Gasteiger partial charge in [0.25, 0.3) is 0 Å². The van der Waals surface area contributed by atoms with Crippen LogP contribution in [0.3, 0.4) is 0 Å². The summed E-state index contributed by atoms with van der Waals surface area (Å²) in [5, 5.41) is 8.62. The lowest BCUT2D eigenvalue weighted by Crippen LogP contribution is -2.44. The number of amides is 3. The molecule has 2 aromatic carbocycles. The van der Waals surface area contributed by atoms with Crippen LogP contribution >= 0.6 is 0 Å². The minimum absolute atomic E-state index is 0.00280. The molecule has 0 bridgehead atoms. The van der Waals surface area contributed by atoms with Gasteiger partial charge in [0.1, 0.15) is 24.0 Å². The molecular formula is C31H33F3N6O4. The van der Waals surface area contributed by atoms with Crippen molar-refractivity contribution < 1.29 is 32.2 Å². The zero-order chi connectivity index (χ0) is 31.5. The summed E-state index contributed by atoms with van der Waals surface area (Å²) in [6.45, 7) is 5.29. The second-order valence-corrected chi connectivity index (χ2v) is 11.5. The summed E-state index contributed by atoms with van der Waals surface area (Å²) in [6, 6.07) is 13.4. The highest BCUT2D eigenvalue weighted by molar-refractivity contribution is 5.90. The molecule has 5 rings (SSSR count). The highest BCUT2D eigenvalue weighted by Crippen LogP contribution is 2.29. The van der Waals surface area contributed by atoms with Crippen LogP contribution in [-0.4, -0.2) is 69.1 Å². The van der Waals surface area contributed by atoms with Crippen LogP contribution in [0.25, 0.3) is 27.9 Å². The first-order valence-electron chi connectivity index (χ1n) is 14.1. The van der Waals surface area contributed by atoms with Crippen LogP contribution in [0.1, 0.15) is 33.6 Å². The summed E-state index contributed by atoms with van der Waals surface area (Å²) in [5.74, 6) is 0.737. The molecule has 0 unspecified atom stereocenters. The van der Waals surface area contributed by atoms with Gasteiger partial charge in [-0.15, -0.1) is 0 Å². The van der Waals surface area contributed by atoms with Crippen molar-refractivity contribution in [1.29, 1.82) is 0 Å². The number of hydrogen-bond acceptors (Lipinski definition) is 6. The van der Waals surface area contributed by atoms with E-state index in [9.17, 15) is 22.8 Å². The first-order valence-corrected chi connectivity index (χ1v) is 14.1. The van der Waals surface area contributed by atoms with Gasteiger partial charge in [-0.3, -0.25) is 0 Å². The Kier molecular flexibility index (Phi) is 8.66. The largest absolute Gasteiger partial charge is 0.490 e. The number of alkyl halides is 3. The Bertz CT molecular complexity index is 1620. The van der Waals surface area contributed by atoms with Gasteiger partial charge in [0.15, 0.2) is 5.65 Å². The van der Waals surface area contributed by atoms with E-state index in [0.29, 0.717) is 48.4 Å². The molecule has 0 atom stereocenters. The first-order chi connectivity index (χ1) is 20.8. The maximum atomic E-state index is 12.4. The Morgan fingerprint density at radius 3 is 2.39 bits per heavy atom. The molecule has 0 saturated carbocycles. The number of fused-ring (bicyclic) bond motifs is 1. The van der Waals surface area contributed by atoms with E-state index in [1.165, 1.54) is 0 Å². The molecule has 232 valence electrons. The number of halogens is 3. The lowest BCUT2D eigenvalue weighted by atomic mass is 10.1. The maximum Gasteiger partial charge on any atom is 0.410 e. The molecule has 3 amide bonds. The Balaban J connectivity index is 1.20. The van der Waals surface area contributed by atoms with Gasteiger partial charge < -0.3 is 25.0 Å². The Labute approximate surface area is 252 Å². The quantitative estimate of drug-likeness (QED) is 0.257. The third kappa shape index (κ3) is 7.97. The number of hydrogen-bond donors (Lipinski definition) is 2. The van der Waals surface area contributed by atoms with Crippen LogP contribution < -0.4 is 15.4 Å². The summed E-state index contributed by atoms with van der Waals surface area (Å²) in [4.78, 5) is 30.5. The highest BCUT2D eigenvalue weighted by Gasteiger charge is 2.28. The van der Waals surface area contributed by atoms with E-state index in [1.807, 2.05) is 51.2 Å². The Hall–Kier alpha value is -4.81. The summed E-state index contributed by atoms with van der Waals surface area (Å²) in [5.41, 5.74) is 3.51. The van der Waals surface area contributed by atoms with Gasteiger partial charge in [-0.1, -0.05) is 24.3 Å². The first kappa shape index (κ1) is 30.6. The van der Waals surface area contributed by atoms with Gasteiger partial charge >= 0.3 is 18.3 Å². The van der Waals surface area contributed by atoms with Crippen LogP contribution in [-0.2, 0) is 4.74 Å². The zero-order valence-electron chi connectivity index (χ0n) is 24.5. The number of rotatable bonds is 6. The average Bonchev–Trinajstić information content (AvgIpc) is 3.39. The van der Waals surface area contributed by atoms with Gasteiger partial charge in [0.05, 0.1) is 6.20 Å². The van der Waals surface area contributed by atoms with Crippen molar-refractivity contribution in [2.24, 2.45) is 0 Å². The molecule has 10 nitrogen and oxygen atoms in total. The van der Waals surface area contributed by atoms with Crippen LogP contribution in [0.2, 0.25) is 0 Å². The zero-order valence-corrected chi connectivity index (χ0v) is 24.5. The lowest BCUT2D eigenvalue weighted by Gasteiger charge is -2.33. The molecule has 2 aromatic heterocycles. The molecule has 2 N–H and O–H groups in total. The third-order valence-electron chi connectivity index (χ3n) is 6.82. The number of nitrogens with zero attached hydrogens (tertiary/aromatic N) is 4. The van der Waals surface area contributed by atoms with Crippen molar-refractivity contribution in [1.82, 2.24) is 24.8 Å². The highest BCUT2D eigenvalue weighted by atomic mass is 19.4. The van der Waals surface area contributed by atoms with Crippen molar-refractivity contribution >= 4 is 23.5 Å². The predicted molar refractivity (Wildman–Crippen MR) is 158 cm³/mol. The van der Waals surface area contributed by atoms with E-state index in [4.69, 9.17) is 9.47 Å². The topological polar surface area (TPSA) is 110 Å². The average molecular weight is 611 g/mol. The van der Waals surface area contributed by atoms with Gasteiger partial charge in [0, 0.05) is 55.1 Å². The van der Waals surface area contributed by atoms with Gasteiger partial charge in [-0.05, 0) is 56.2 Å². The summed E-state index contributed by atoms with van der Waals surface area (Å²) >= 11 is 0. The number of anilines is 1. The second-order valence-electron chi connectivity index (χ2n) is 11.5. The molecule has 1 aliphatic rings. The van der Waals surface area contributed by atoms with Crippen molar-refractivity contribution in [2.45, 2.75) is 51.5 Å². The van der Waals surface area contributed by atoms with Crippen LogP contribution in [0, 0.1) is 0 Å². The molecule has 0 spiro atoms. The van der Waals surface area contributed by atoms with Gasteiger partial charge in [-0.25, -0.2) is 19.1 Å². The smallest absolute Gasteiger partial charge is 0.410 e. The molecular weight excluding hydrogens is 577 g/mol. The molecule has 0 aliphatic carbocycles. The van der Waals surface area contributed by atoms with E-state index in [-0.39, 0.29) is 12.2 Å². The van der Waals surface area contributed by atoms with E-state index in [2.05, 4.69) is 15.4 Å². The second kappa shape index (κ2) is 12.4. The summed E-state index contributed by atoms with van der Waals surface area (Å²) in [7, 11) is 0. The number of piperidine rings is 1. The minimum atomic E-state index is -4.50. The summed E-state index contributed by atoms with van der Waals surface area (Å²) in [6.07, 6.45) is 1.85. The van der Waals surface area contributed by atoms with E-state index >= 15 is 0 Å². The molecule has 1 fully saturated rings. The monoisotopic (exact) mass is 610 g/mol. The molecule has 13 heteroatoms. The standard InChI is InChI=1S/C31H33F3N6O4/c1-30(2,3)44-29(42)39-13-11-25(12-14-39)43-24-9-7-20(8-10-24)22-16-35-27-26(17-37-40(27)18-22)21-5-4-6-23(15-21)38-28(41)36-19-31(32,33)34/h4-10,15-18,25H,11-14,19H2,1-3H3,(H2,36,38,41). The molecule has 3 heterocycles. The lowest BCUT2D eigenvalue weighted by molar-refractivity contribution is -0.122. The number of ether oxygens (including phenoxy) is 2. The van der Waals surface area contributed by atoms with E-state index in [0.717, 1.165) is 16.9 Å². The van der Waals surface area contributed by atoms with Gasteiger partial charge in [0.2, 0.25) is 0 Å². The molecule has 4 aromatic rings. The van der Waals surface area contributed by atoms with Crippen molar-refractivity contribution in [3.63, 3.8) is 0 Å². The minimum Gasteiger partial charge on any atom is -0.490 e. The van der Waals surface area contributed by atoms with Crippen LogP contribution in [0.5, 0.6) is 5.75 Å². The van der Waals surface area contributed by atoms with Crippen LogP contribution in [0.4, 0.5) is 28.4 Å². The van der Waals surface area contributed by atoms with Crippen molar-refractivity contribution in [3.05, 3.63) is 67.1 Å². The molecule has 1 aliphatic heterocycles. The van der Waals surface area contributed by atoms with Crippen LogP contribution in [0.15, 0.2) is 67.1 Å². The molecule has 0 radical (unpaired) electrons. The van der Waals surface area contributed by atoms with Crippen molar-refractivity contribution in [2.75, 3.05) is 25.0 Å². The maximum absolute atomic E-state index is 12.4. The number of carbonyl (C=O) groups excluding carboxylic acids is 2. The number of likely N-dealkylation sites (tertiary alicyclic amines) is 1. The fourth-order valence-corrected chi connectivity index (χ4v) is 4.75. The Morgan fingerprint density at radius 1 is 0.977 bits per heavy atom. The van der Waals surface area contributed by atoms with E-state index in [1.54, 1.807) is 51.4 Å². The Morgan fingerprint density at radius 2 is 1.70 bits per heavy atom. The number of benzene rings is 2. The number of carbonyl (C=O) groups is 2.